The molecule has 1 radical (unpaired) electrons. The molecule has 0 unspecified atom stereocenters. The summed E-state index contributed by atoms with van der Waals surface area (Å²) in [6, 6.07) is 16.1. The highest BCUT2D eigenvalue weighted by molar-refractivity contribution is 6.39. The van der Waals surface area contributed by atoms with Crippen LogP contribution in [0.4, 0.5) is 5.69 Å². The average Bonchev–Trinajstić information content (AvgIpc) is 2.87. The van der Waals surface area contributed by atoms with Gasteiger partial charge in [-0.25, -0.2) is 4.90 Å². The van der Waals surface area contributed by atoms with Crippen molar-refractivity contribution in [1.82, 2.24) is 0 Å². The van der Waals surface area contributed by atoms with Crippen LogP contribution in [0.1, 0.15) is 27.6 Å². The van der Waals surface area contributed by atoms with Crippen molar-refractivity contribution in [3.63, 3.8) is 0 Å². The number of rotatable bonds is 3. The van der Waals surface area contributed by atoms with Gasteiger partial charge in [0.15, 0.2) is 0 Å². The van der Waals surface area contributed by atoms with Gasteiger partial charge in [0.05, 0.1) is 23.4 Å². The van der Waals surface area contributed by atoms with Gasteiger partial charge in [-0.1, -0.05) is 24.3 Å². The molecule has 25 heavy (non-hydrogen) atoms. The van der Waals surface area contributed by atoms with Crippen molar-refractivity contribution in [3.05, 3.63) is 65.7 Å². The number of fused-ring (bicyclic) bond motifs is 3. The third-order valence-electron chi connectivity index (χ3n) is 4.20. The summed E-state index contributed by atoms with van der Waals surface area (Å²) < 4.78 is 5.61. The largest absolute Gasteiger partial charge is 0.507 e. The van der Waals surface area contributed by atoms with Crippen LogP contribution in [0.15, 0.2) is 48.5 Å². The molecular formula is C20H14NO4. The van der Waals surface area contributed by atoms with Gasteiger partial charge in [0.2, 0.25) is 0 Å². The van der Waals surface area contributed by atoms with Crippen LogP contribution in [0.25, 0.3) is 10.8 Å². The lowest BCUT2D eigenvalue weighted by atomic mass is 9.98. The van der Waals surface area contributed by atoms with E-state index in [9.17, 15) is 14.7 Å². The quantitative estimate of drug-likeness (QED) is 0.745. The van der Waals surface area contributed by atoms with Crippen LogP contribution in [0.5, 0.6) is 11.5 Å². The molecule has 1 aliphatic heterocycles. The first-order valence-corrected chi connectivity index (χ1v) is 7.90. The van der Waals surface area contributed by atoms with Crippen molar-refractivity contribution >= 4 is 28.3 Å². The van der Waals surface area contributed by atoms with Gasteiger partial charge >= 0.3 is 0 Å². The standard InChI is InChI=1S/C20H14NO4/c1-2-25-15-11-12-7-6-10-14(22)16(12)18-17(15)19(23)21(20(18)24)13-8-4-3-5-9-13/h4-11,22H,2H2,1H3. The minimum absolute atomic E-state index is 0.0406. The van der Waals surface area contributed by atoms with E-state index in [1.807, 2.05) is 6.92 Å². The fourth-order valence-corrected chi connectivity index (χ4v) is 3.18. The number of carbonyl (C=O) groups is 2. The molecule has 5 heteroatoms. The zero-order valence-electron chi connectivity index (χ0n) is 13.4. The number of hydrogen-bond donors (Lipinski definition) is 1. The number of anilines is 1. The second-order valence-electron chi connectivity index (χ2n) is 5.64. The SMILES string of the molecule is CCOc1cc2cccc(O)c2c2c1C(=O)N(c1cc[c]cc1)C2=O. The van der Waals surface area contributed by atoms with Crippen molar-refractivity contribution in [2.45, 2.75) is 6.92 Å². The molecule has 0 saturated carbocycles. The Kier molecular flexibility index (Phi) is 3.42. The van der Waals surface area contributed by atoms with Crippen LogP contribution in [0.2, 0.25) is 0 Å². The molecule has 0 bridgehead atoms. The third kappa shape index (κ3) is 2.16. The Morgan fingerprint density at radius 3 is 2.52 bits per heavy atom. The maximum Gasteiger partial charge on any atom is 0.269 e. The number of ether oxygens (including phenoxy) is 1. The number of phenolic OH excluding ortho intramolecular Hbond substituents is 1. The van der Waals surface area contributed by atoms with Crippen molar-refractivity contribution in [2.24, 2.45) is 0 Å². The van der Waals surface area contributed by atoms with E-state index in [4.69, 9.17) is 4.74 Å². The molecule has 123 valence electrons. The van der Waals surface area contributed by atoms with Crippen LogP contribution >= 0.6 is 0 Å². The number of benzene rings is 3. The van der Waals surface area contributed by atoms with Crippen LogP contribution in [-0.2, 0) is 0 Å². The summed E-state index contributed by atoms with van der Waals surface area (Å²) in [6.07, 6.45) is 0. The molecule has 0 atom stereocenters. The smallest absolute Gasteiger partial charge is 0.269 e. The van der Waals surface area contributed by atoms with Gasteiger partial charge in [-0.3, -0.25) is 9.59 Å². The summed E-state index contributed by atoms with van der Waals surface area (Å²) in [6.45, 7) is 2.17. The summed E-state index contributed by atoms with van der Waals surface area (Å²) in [7, 11) is 0. The molecule has 3 aromatic carbocycles. The van der Waals surface area contributed by atoms with E-state index in [1.54, 1.807) is 42.5 Å². The Bertz CT molecular complexity index is 1010. The maximum atomic E-state index is 13.1. The zero-order valence-corrected chi connectivity index (χ0v) is 13.4. The van der Waals surface area contributed by atoms with E-state index in [0.29, 0.717) is 28.8 Å². The molecule has 1 heterocycles. The second kappa shape index (κ2) is 5.63. The summed E-state index contributed by atoms with van der Waals surface area (Å²) in [5, 5.41) is 11.3. The van der Waals surface area contributed by atoms with Crippen molar-refractivity contribution < 1.29 is 19.4 Å². The lowest BCUT2D eigenvalue weighted by Crippen LogP contribution is -2.29. The molecule has 0 saturated heterocycles. The number of carbonyl (C=O) groups excluding carboxylic acids is 2. The van der Waals surface area contributed by atoms with Gasteiger partial charge in [-0.05, 0) is 42.6 Å². The fraction of sp³-hybridized carbons (Fsp3) is 0.100. The average molecular weight is 332 g/mol. The van der Waals surface area contributed by atoms with Crippen LogP contribution in [0.3, 0.4) is 0 Å². The molecule has 0 aliphatic carbocycles. The number of hydrogen-bond acceptors (Lipinski definition) is 4. The van der Waals surface area contributed by atoms with Gasteiger partial charge < -0.3 is 9.84 Å². The monoisotopic (exact) mass is 332 g/mol. The van der Waals surface area contributed by atoms with Gasteiger partial charge in [0.1, 0.15) is 11.5 Å². The molecule has 1 N–H and O–H groups in total. The number of imide groups is 1. The van der Waals surface area contributed by atoms with E-state index in [1.165, 1.54) is 6.07 Å². The Morgan fingerprint density at radius 1 is 1.08 bits per heavy atom. The lowest BCUT2D eigenvalue weighted by Gasteiger charge is -2.13. The Balaban J connectivity index is 2.04. The van der Waals surface area contributed by atoms with E-state index in [-0.39, 0.29) is 16.9 Å². The normalized spacial score (nSPS) is 13.4. The summed E-state index contributed by atoms with van der Waals surface area (Å²) in [5.41, 5.74) is 0.821. The summed E-state index contributed by atoms with van der Waals surface area (Å²) in [4.78, 5) is 27.2. The predicted octanol–water partition coefficient (Wildman–Crippen LogP) is 3.54. The number of nitrogens with zero attached hydrogens (tertiary/aromatic N) is 1. The third-order valence-corrected chi connectivity index (χ3v) is 4.20. The van der Waals surface area contributed by atoms with Crippen molar-refractivity contribution in [3.8, 4) is 11.5 Å². The van der Waals surface area contributed by atoms with Crippen molar-refractivity contribution in [1.29, 1.82) is 0 Å². The molecule has 0 fully saturated rings. The molecule has 0 spiro atoms. The summed E-state index contributed by atoms with van der Waals surface area (Å²) in [5.74, 6) is -0.626. The fourth-order valence-electron chi connectivity index (χ4n) is 3.18. The van der Waals surface area contributed by atoms with Gasteiger partial charge in [-0.15, -0.1) is 0 Å². The lowest BCUT2D eigenvalue weighted by molar-refractivity contribution is 0.0925. The Labute approximate surface area is 144 Å². The van der Waals surface area contributed by atoms with Crippen molar-refractivity contribution in [2.75, 3.05) is 11.5 Å². The van der Waals surface area contributed by atoms with Gasteiger partial charge in [0, 0.05) is 5.39 Å². The van der Waals surface area contributed by atoms with Gasteiger partial charge in [0.25, 0.3) is 11.8 Å². The molecule has 3 aromatic rings. The highest BCUT2D eigenvalue weighted by Crippen LogP contribution is 2.41. The Morgan fingerprint density at radius 2 is 1.80 bits per heavy atom. The number of phenols is 1. The minimum Gasteiger partial charge on any atom is -0.507 e. The number of aromatic hydroxyl groups is 1. The second-order valence-corrected chi connectivity index (χ2v) is 5.64. The first-order valence-electron chi connectivity index (χ1n) is 7.90. The summed E-state index contributed by atoms with van der Waals surface area (Å²) >= 11 is 0. The van der Waals surface area contributed by atoms with E-state index in [0.717, 1.165) is 4.90 Å². The zero-order chi connectivity index (χ0) is 17.6. The predicted molar refractivity (Wildman–Crippen MR) is 93.2 cm³/mol. The van der Waals surface area contributed by atoms with E-state index < -0.39 is 11.8 Å². The molecule has 2 amide bonds. The number of amides is 2. The van der Waals surface area contributed by atoms with E-state index in [2.05, 4.69) is 6.07 Å². The molecule has 0 aromatic heterocycles. The van der Waals surface area contributed by atoms with Crippen LogP contribution in [0, 0.1) is 6.07 Å². The first kappa shape index (κ1) is 15.2. The minimum atomic E-state index is -0.473. The highest BCUT2D eigenvalue weighted by atomic mass is 16.5. The van der Waals surface area contributed by atoms with Crippen LogP contribution < -0.4 is 9.64 Å². The van der Waals surface area contributed by atoms with Gasteiger partial charge in [-0.2, -0.15) is 0 Å². The molecular weight excluding hydrogens is 318 g/mol. The topological polar surface area (TPSA) is 66.8 Å². The van der Waals surface area contributed by atoms with E-state index >= 15 is 0 Å². The molecule has 1 aliphatic rings. The maximum absolute atomic E-state index is 13.1. The van der Waals surface area contributed by atoms with Crippen LogP contribution in [-0.4, -0.2) is 23.5 Å². The Hall–Kier alpha value is -3.34. The highest BCUT2D eigenvalue weighted by Gasteiger charge is 2.41. The first-order chi connectivity index (χ1) is 12.1. The molecule has 4 rings (SSSR count). The molecule has 5 nitrogen and oxygen atoms in total.